The number of hydrogen-bond acceptors (Lipinski definition) is 8. The molecule has 11 heteroatoms. The van der Waals surface area contributed by atoms with Crippen LogP contribution in [-0.2, 0) is 0 Å². The van der Waals surface area contributed by atoms with Crippen LogP contribution in [0, 0.1) is 0 Å². The Labute approximate surface area is 181 Å². The molecule has 0 amide bonds. The first kappa shape index (κ1) is 25.9. The molecule has 1 aromatic rings. The highest BCUT2D eigenvalue weighted by molar-refractivity contribution is 6.08. The highest BCUT2D eigenvalue weighted by Crippen LogP contribution is 2.14. The Balaban J connectivity index is 0.00000151. The van der Waals surface area contributed by atoms with Crippen molar-refractivity contribution in [2.75, 3.05) is 32.4 Å². The number of aliphatic imine (C=N–C) groups is 1. The third-order valence-electron chi connectivity index (χ3n) is 4.23. The third-order valence-corrected chi connectivity index (χ3v) is 4.23. The van der Waals surface area contributed by atoms with Crippen LogP contribution in [0.3, 0.4) is 0 Å². The Hall–Kier alpha value is -3.18. The number of nitrogen functional groups attached to an aromatic ring is 1. The van der Waals surface area contributed by atoms with Gasteiger partial charge in [0.25, 0.3) is 0 Å². The van der Waals surface area contributed by atoms with Crippen LogP contribution in [0.15, 0.2) is 47.7 Å². The summed E-state index contributed by atoms with van der Waals surface area (Å²) in [5.74, 6) is 4.35. The van der Waals surface area contributed by atoms with Gasteiger partial charge < -0.3 is 16.5 Å². The summed E-state index contributed by atoms with van der Waals surface area (Å²) in [7, 11) is 1.91. The molecule has 0 saturated carbocycles. The van der Waals surface area contributed by atoms with Crippen molar-refractivity contribution in [2.45, 2.75) is 25.8 Å². The number of anilines is 1. The van der Waals surface area contributed by atoms with Gasteiger partial charge in [-0.15, -0.1) is 6.58 Å². The zero-order valence-electron chi connectivity index (χ0n) is 18.0. The third kappa shape index (κ3) is 8.60. The van der Waals surface area contributed by atoms with Crippen molar-refractivity contribution in [1.29, 1.82) is 0 Å². The van der Waals surface area contributed by atoms with E-state index in [0.29, 0.717) is 17.3 Å². The summed E-state index contributed by atoms with van der Waals surface area (Å²) in [6.45, 7) is 10.6. The van der Waals surface area contributed by atoms with Crippen molar-refractivity contribution in [3.05, 3.63) is 49.0 Å². The molecule has 0 aliphatic carbocycles. The van der Waals surface area contributed by atoms with Crippen LogP contribution in [0.4, 0.5) is 14.6 Å². The summed E-state index contributed by atoms with van der Waals surface area (Å²) in [5.41, 5.74) is 9.09. The summed E-state index contributed by atoms with van der Waals surface area (Å²) in [6, 6.07) is 0.358. The van der Waals surface area contributed by atoms with Gasteiger partial charge >= 0.3 is 0 Å². The van der Waals surface area contributed by atoms with Crippen molar-refractivity contribution in [3.63, 3.8) is 0 Å². The fraction of sp³-hybridized carbons (Fsp3) is 0.400. The summed E-state index contributed by atoms with van der Waals surface area (Å²) >= 11 is 0. The van der Waals surface area contributed by atoms with Crippen LogP contribution >= 0.6 is 0 Å². The van der Waals surface area contributed by atoms with Crippen molar-refractivity contribution < 1.29 is 8.78 Å². The molecule has 0 radical (unpaired) electrons. The van der Waals surface area contributed by atoms with Crippen LogP contribution < -0.4 is 22.3 Å². The number of hydrazone groups is 1. The van der Waals surface area contributed by atoms with Gasteiger partial charge in [0.1, 0.15) is 17.9 Å². The van der Waals surface area contributed by atoms with Gasteiger partial charge in [-0.1, -0.05) is 12.7 Å². The Kier molecular flexibility index (Phi) is 11.6. The second kappa shape index (κ2) is 13.9. The minimum atomic E-state index is -1.06. The number of halogens is 2. The molecule has 31 heavy (non-hydrogen) atoms. The van der Waals surface area contributed by atoms with E-state index in [1.807, 2.05) is 19.0 Å². The number of rotatable bonds is 7. The molecule has 9 nitrogen and oxygen atoms in total. The maximum atomic E-state index is 13.0. The normalized spacial score (nSPS) is 15.3. The van der Waals surface area contributed by atoms with Gasteiger partial charge in [-0.25, -0.2) is 24.6 Å². The first-order valence-corrected chi connectivity index (χ1v) is 9.70. The molecule has 1 aliphatic heterocycles. The topological polar surface area (TPSA) is 130 Å². The Morgan fingerprint density at radius 3 is 2.68 bits per heavy atom. The molecule has 6 N–H and O–H groups in total. The van der Waals surface area contributed by atoms with Gasteiger partial charge in [0, 0.05) is 18.7 Å². The monoisotopic (exact) mass is 435 g/mol. The smallest absolute Gasteiger partial charge is 0.165 e. The number of aromatic nitrogens is 2. The lowest BCUT2D eigenvalue weighted by molar-refractivity contribution is 0.208. The number of nitrogens with two attached hydrogens (primary N) is 2. The Bertz CT molecular complexity index is 815. The zero-order chi connectivity index (χ0) is 23.2. The van der Waals surface area contributed by atoms with Gasteiger partial charge in [-0.2, -0.15) is 5.10 Å². The molecule has 1 saturated heterocycles. The molecule has 170 valence electrons. The molecule has 1 aromatic heterocycles. The van der Waals surface area contributed by atoms with Crippen LogP contribution in [0.25, 0.3) is 5.57 Å². The van der Waals surface area contributed by atoms with Crippen LogP contribution in [0.5, 0.6) is 0 Å². The number of nitrogens with zero attached hydrogens (tertiary/aromatic N) is 5. The van der Waals surface area contributed by atoms with Gasteiger partial charge in [0.05, 0.1) is 24.7 Å². The maximum Gasteiger partial charge on any atom is 0.165 e. The summed E-state index contributed by atoms with van der Waals surface area (Å²) in [4.78, 5) is 12.2. The lowest BCUT2D eigenvalue weighted by atomic mass is 10.1. The molecule has 0 aromatic carbocycles. The van der Waals surface area contributed by atoms with Crippen molar-refractivity contribution >= 4 is 23.4 Å². The number of hydrogen-bond donors (Lipinski definition) is 4. The predicted octanol–water partition coefficient (Wildman–Crippen LogP) is 1.92. The molecule has 0 unspecified atom stereocenters. The van der Waals surface area contributed by atoms with E-state index in [1.165, 1.54) is 6.20 Å². The summed E-state index contributed by atoms with van der Waals surface area (Å²) < 4.78 is 25.1. The number of allylic oxidation sites excluding steroid dienone is 2. The molecule has 1 aliphatic rings. The van der Waals surface area contributed by atoms with Crippen molar-refractivity contribution in [3.8, 4) is 0 Å². The van der Waals surface area contributed by atoms with Crippen molar-refractivity contribution in [2.24, 2.45) is 15.9 Å². The Morgan fingerprint density at radius 2 is 2.10 bits per heavy atom. The number of nitrogens with one attached hydrogen (secondary N) is 2. The molecule has 1 fully saturated rings. The van der Waals surface area contributed by atoms with E-state index in [4.69, 9.17) is 11.6 Å². The minimum Gasteiger partial charge on any atom is -0.382 e. The van der Waals surface area contributed by atoms with Gasteiger partial charge in [-0.05, 0) is 32.9 Å². The minimum absolute atomic E-state index is 0.0274. The molecule has 0 bridgehead atoms. The predicted molar refractivity (Wildman–Crippen MR) is 123 cm³/mol. The van der Waals surface area contributed by atoms with Gasteiger partial charge in [0.2, 0.25) is 0 Å². The average molecular weight is 436 g/mol. The SMILES string of the molecule is C=C(/C=N\N(C)C1CCNCC1)c1cnc(N)c(C(=NC/C(F)=C/F)NN)n1.C=CC. The molecule has 0 atom stereocenters. The van der Waals surface area contributed by atoms with E-state index in [2.05, 4.69) is 44.0 Å². The lowest BCUT2D eigenvalue weighted by Crippen LogP contribution is -2.38. The summed E-state index contributed by atoms with van der Waals surface area (Å²) in [5, 5.41) is 9.63. The van der Waals surface area contributed by atoms with Crippen molar-refractivity contribution in [1.82, 2.24) is 25.7 Å². The number of piperidine rings is 1. The molecule has 2 heterocycles. The lowest BCUT2D eigenvalue weighted by Gasteiger charge is -2.29. The first-order chi connectivity index (χ1) is 14.9. The second-order valence-corrected chi connectivity index (χ2v) is 6.59. The highest BCUT2D eigenvalue weighted by atomic mass is 19.2. The fourth-order valence-electron chi connectivity index (χ4n) is 2.61. The molecular weight excluding hydrogens is 404 g/mol. The molecular formula is C20H31F2N9. The van der Waals surface area contributed by atoms with Gasteiger partial charge in [0.15, 0.2) is 11.7 Å². The zero-order valence-corrected chi connectivity index (χ0v) is 18.0. The van der Waals surface area contributed by atoms with E-state index >= 15 is 0 Å². The number of amidine groups is 1. The molecule has 0 spiro atoms. The van der Waals surface area contributed by atoms with E-state index in [9.17, 15) is 8.78 Å². The summed E-state index contributed by atoms with van der Waals surface area (Å²) in [6.07, 6.45) is 6.62. The highest BCUT2D eigenvalue weighted by Gasteiger charge is 2.16. The van der Waals surface area contributed by atoms with E-state index < -0.39 is 12.4 Å². The maximum absolute atomic E-state index is 13.0. The van der Waals surface area contributed by atoms with E-state index in [0.717, 1.165) is 25.9 Å². The standard InChI is InChI=1S/C17H25F2N9.C3H6/c1-11(8-25-28(2)13-3-5-22-6-4-13)14-10-23-16(20)15(26-14)17(27-21)24-9-12(19)7-18;1-3-2/h7-8,10,13,22H,1,3-6,9,21H2,2H3,(H2,20,23)(H,24,27);3H,1H2,2H3/b12-7-,25-8-;. The largest absolute Gasteiger partial charge is 0.382 e. The number of hydrazine groups is 1. The first-order valence-electron chi connectivity index (χ1n) is 9.70. The van der Waals surface area contributed by atoms with E-state index in [1.54, 1.807) is 12.3 Å². The molecule has 2 rings (SSSR count). The van der Waals surface area contributed by atoms with Crippen LogP contribution in [-0.4, -0.2) is 59.8 Å². The fourth-order valence-corrected chi connectivity index (χ4v) is 2.61. The van der Waals surface area contributed by atoms with Crippen LogP contribution in [0.2, 0.25) is 0 Å². The average Bonchev–Trinajstić information content (AvgIpc) is 2.79. The quantitative estimate of drug-likeness (QED) is 0.169. The Morgan fingerprint density at radius 1 is 1.45 bits per heavy atom. The second-order valence-electron chi connectivity index (χ2n) is 6.59. The van der Waals surface area contributed by atoms with Gasteiger partial charge in [-0.3, -0.25) is 10.0 Å². The van der Waals surface area contributed by atoms with E-state index in [-0.39, 0.29) is 23.7 Å². The van der Waals surface area contributed by atoms with Crippen LogP contribution in [0.1, 0.15) is 31.2 Å².